The topological polar surface area (TPSA) is 69.6 Å². The van der Waals surface area contributed by atoms with Crippen LogP contribution in [0.5, 0.6) is 5.75 Å². The Kier molecular flexibility index (Phi) is 4.12. The zero-order valence-electron chi connectivity index (χ0n) is 11.7. The molecular weight excluding hydrogens is 273 g/mol. The average molecular weight is 289 g/mol. The molecule has 0 bridgehead atoms. The summed E-state index contributed by atoms with van der Waals surface area (Å²) in [6.07, 6.45) is 0. The van der Waals surface area contributed by atoms with Crippen molar-refractivity contribution >= 4 is 11.7 Å². The van der Waals surface area contributed by atoms with E-state index in [1.54, 1.807) is 19.1 Å². The molecule has 0 aliphatic carbocycles. The fourth-order valence-electron chi connectivity index (χ4n) is 2.15. The van der Waals surface area contributed by atoms with Gasteiger partial charge in [-0.2, -0.15) is 0 Å². The third-order valence-electron chi connectivity index (χ3n) is 3.30. The van der Waals surface area contributed by atoms with Crippen molar-refractivity contribution in [1.29, 1.82) is 0 Å². The van der Waals surface area contributed by atoms with Crippen LogP contribution in [0.4, 0.5) is 10.1 Å². The molecule has 0 amide bonds. The first kappa shape index (κ1) is 14.8. The molecular formula is C16H16FNO3. The number of carboxylic acid groups (broad SMARTS) is 1. The Morgan fingerprint density at radius 2 is 1.95 bits per heavy atom. The van der Waals surface area contributed by atoms with Crippen LogP contribution in [-0.2, 0) is 0 Å². The van der Waals surface area contributed by atoms with Gasteiger partial charge in [-0.25, -0.2) is 9.18 Å². The second-order valence-electron chi connectivity index (χ2n) is 4.90. The van der Waals surface area contributed by atoms with Gasteiger partial charge in [0.05, 0.1) is 11.6 Å². The molecule has 0 aliphatic heterocycles. The van der Waals surface area contributed by atoms with Crippen molar-refractivity contribution in [3.63, 3.8) is 0 Å². The normalized spacial score (nSPS) is 12.0. The van der Waals surface area contributed by atoms with Gasteiger partial charge >= 0.3 is 5.97 Å². The number of phenols is 1. The highest BCUT2D eigenvalue weighted by Crippen LogP contribution is 2.29. The first-order valence-corrected chi connectivity index (χ1v) is 6.47. The molecule has 5 heteroatoms. The first-order chi connectivity index (χ1) is 9.88. The quantitative estimate of drug-likeness (QED) is 0.802. The second-order valence-corrected chi connectivity index (χ2v) is 4.90. The molecule has 1 atom stereocenters. The van der Waals surface area contributed by atoms with Crippen molar-refractivity contribution in [2.75, 3.05) is 5.32 Å². The van der Waals surface area contributed by atoms with Crippen LogP contribution in [0.1, 0.15) is 34.5 Å². The molecule has 0 spiro atoms. The molecule has 0 heterocycles. The lowest BCUT2D eigenvalue weighted by atomic mass is 10.0. The van der Waals surface area contributed by atoms with Gasteiger partial charge in [-0.3, -0.25) is 0 Å². The molecule has 110 valence electrons. The molecule has 0 aliphatic rings. The lowest BCUT2D eigenvalue weighted by molar-refractivity contribution is 0.0697. The lowest BCUT2D eigenvalue weighted by Crippen LogP contribution is -2.09. The van der Waals surface area contributed by atoms with Crippen molar-refractivity contribution in [3.8, 4) is 5.75 Å². The van der Waals surface area contributed by atoms with Crippen LogP contribution >= 0.6 is 0 Å². The number of aromatic hydroxyl groups is 1. The molecule has 0 saturated heterocycles. The molecule has 0 saturated carbocycles. The Balaban J connectivity index is 2.23. The van der Waals surface area contributed by atoms with Gasteiger partial charge in [-0.1, -0.05) is 6.07 Å². The number of hydrogen-bond acceptors (Lipinski definition) is 3. The molecule has 2 aromatic rings. The number of halogens is 1. The maximum Gasteiger partial charge on any atom is 0.335 e. The van der Waals surface area contributed by atoms with Crippen LogP contribution in [0.2, 0.25) is 0 Å². The Labute approximate surface area is 121 Å². The van der Waals surface area contributed by atoms with E-state index in [4.69, 9.17) is 5.11 Å². The lowest BCUT2D eigenvalue weighted by Gasteiger charge is -2.18. The maximum atomic E-state index is 13.0. The van der Waals surface area contributed by atoms with Crippen LogP contribution < -0.4 is 5.32 Å². The van der Waals surface area contributed by atoms with Crippen LogP contribution in [0.15, 0.2) is 36.4 Å². The van der Waals surface area contributed by atoms with E-state index < -0.39 is 11.8 Å². The summed E-state index contributed by atoms with van der Waals surface area (Å²) >= 11 is 0. The summed E-state index contributed by atoms with van der Waals surface area (Å²) in [6.45, 7) is 3.63. The molecule has 21 heavy (non-hydrogen) atoms. The predicted molar refractivity (Wildman–Crippen MR) is 78.2 cm³/mol. The van der Waals surface area contributed by atoms with Crippen LogP contribution in [0, 0.1) is 12.7 Å². The summed E-state index contributed by atoms with van der Waals surface area (Å²) in [7, 11) is 0. The van der Waals surface area contributed by atoms with Gasteiger partial charge in [-0.05, 0) is 43.7 Å². The van der Waals surface area contributed by atoms with Crippen LogP contribution in [0.3, 0.4) is 0 Å². The minimum absolute atomic E-state index is 0.116. The van der Waals surface area contributed by atoms with Crippen molar-refractivity contribution in [3.05, 3.63) is 58.9 Å². The smallest absolute Gasteiger partial charge is 0.335 e. The Hall–Kier alpha value is -2.56. The van der Waals surface area contributed by atoms with E-state index >= 15 is 0 Å². The molecule has 2 rings (SSSR count). The summed E-state index contributed by atoms with van der Waals surface area (Å²) in [4.78, 5) is 10.9. The summed E-state index contributed by atoms with van der Waals surface area (Å²) in [6, 6.07) is 8.37. The first-order valence-electron chi connectivity index (χ1n) is 6.47. The Morgan fingerprint density at radius 3 is 2.52 bits per heavy atom. The summed E-state index contributed by atoms with van der Waals surface area (Å²) in [5.41, 5.74) is 2.33. The number of anilines is 1. The highest BCUT2D eigenvalue weighted by Gasteiger charge is 2.13. The van der Waals surface area contributed by atoms with Gasteiger partial charge in [0.15, 0.2) is 0 Å². The molecule has 0 aromatic heterocycles. The minimum atomic E-state index is -0.978. The minimum Gasteiger partial charge on any atom is -0.507 e. The van der Waals surface area contributed by atoms with Crippen molar-refractivity contribution in [2.24, 2.45) is 0 Å². The number of benzene rings is 2. The molecule has 2 aromatic carbocycles. The largest absolute Gasteiger partial charge is 0.507 e. The van der Waals surface area contributed by atoms with Crippen molar-refractivity contribution in [2.45, 2.75) is 19.9 Å². The van der Waals surface area contributed by atoms with E-state index in [2.05, 4.69) is 5.32 Å². The monoisotopic (exact) mass is 289 g/mol. The summed E-state index contributed by atoms with van der Waals surface area (Å²) < 4.78 is 13.0. The van der Waals surface area contributed by atoms with E-state index in [1.807, 2.05) is 6.92 Å². The van der Waals surface area contributed by atoms with Crippen LogP contribution in [-0.4, -0.2) is 16.2 Å². The standard InChI is InChI=1S/C16H16FNO3/c1-9-7-11(16(20)21)3-6-14(9)18-10(2)13-5-4-12(17)8-15(13)19/h3-8,10,18-19H,1-2H3,(H,20,21). The number of nitrogens with one attached hydrogen (secondary N) is 1. The molecule has 0 radical (unpaired) electrons. The zero-order valence-corrected chi connectivity index (χ0v) is 11.7. The predicted octanol–water partition coefficient (Wildman–Crippen LogP) is 3.71. The Bertz CT molecular complexity index is 685. The highest BCUT2D eigenvalue weighted by molar-refractivity contribution is 5.88. The number of carboxylic acids is 1. The number of hydrogen-bond donors (Lipinski definition) is 3. The molecule has 0 fully saturated rings. The summed E-state index contributed by atoms with van der Waals surface area (Å²) in [5.74, 6) is -1.59. The van der Waals surface area contributed by atoms with Crippen molar-refractivity contribution < 1.29 is 19.4 Å². The van der Waals surface area contributed by atoms with Gasteiger partial charge < -0.3 is 15.5 Å². The third-order valence-corrected chi connectivity index (χ3v) is 3.30. The third kappa shape index (κ3) is 3.31. The number of carbonyl (C=O) groups is 1. The average Bonchev–Trinajstić information content (AvgIpc) is 2.40. The highest BCUT2D eigenvalue weighted by atomic mass is 19.1. The molecule has 3 N–H and O–H groups in total. The van der Waals surface area contributed by atoms with Gasteiger partial charge in [0.1, 0.15) is 11.6 Å². The number of phenolic OH excluding ortho intramolecular Hbond substituents is 1. The number of aromatic carboxylic acids is 1. The fraction of sp³-hybridized carbons (Fsp3) is 0.188. The van der Waals surface area contributed by atoms with Crippen molar-refractivity contribution in [1.82, 2.24) is 0 Å². The maximum absolute atomic E-state index is 13.0. The van der Waals surface area contributed by atoms with Crippen LogP contribution in [0.25, 0.3) is 0 Å². The number of rotatable bonds is 4. The van der Waals surface area contributed by atoms with E-state index in [0.717, 1.165) is 17.3 Å². The van der Waals surface area contributed by atoms with Gasteiger partial charge in [0.25, 0.3) is 0 Å². The Morgan fingerprint density at radius 1 is 1.24 bits per heavy atom. The van der Waals surface area contributed by atoms with Gasteiger partial charge in [0, 0.05) is 17.3 Å². The number of aryl methyl sites for hydroxylation is 1. The zero-order chi connectivity index (χ0) is 15.6. The van der Waals surface area contributed by atoms with Gasteiger partial charge in [0.2, 0.25) is 0 Å². The summed E-state index contributed by atoms with van der Waals surface area (Å²) in [5, 5.41) is 21.9. The van der Waals surface area contributed by atoms with E-state index in [9.17, 15) is 14.3 Å². The van der Waals surface area contributed by atoms with Gasteiger partial charge in [-0.15, -0.1) is 0 Å². The van der Waals surface area contributed by atoms with E-state index in [-0.39, 0.29) is 17.4 Å². The SMILES string of the molecule is Cc1cc(C(=O)O)ccc1NC(C)c1ccc(F)cc1O. The van der Waals surface area contributed by atoms with E-state index in [0.29, 0.717) is 5.56 Å². The van der Waals surface area contributed by atoms with E-state index in [1.165, 1.54) is 18.2 Å². The molecule has 1 unspecified atom stereocenters. The molecule has 4 nitrogen and oxygen atoms in total. The fourth-order valence-corrected chi connectivity index (χ4v) is 2.15. The second kappa shape index (κ2) is 5.83.